The number of benzene rings is 1. The fourth-order valence-electron chi connectivity index (χ4n) is 2.18. The number of nitrogens with one attached hydrogen (secondary N) is 1. The van der Waals surface area contributed by atoms with Crippen molar-refractivity contribution in [1.29, 1.82) is 0 Å². The van der Waals surface area contributed by atoms with Gasteiger partial charge in [0.15, 0.2) is 0 Å². The molecule has 1 nitrogen and oxygen atoms in total. The summed E-state index contributed by atoms with van der Waals surface area (Å²) in [5.74, 6) is 0. The molecule has 2 aromatic rings. The van der Waals surface area contributed by atoms with Crippen LogP contribution < -0.4 is 5.32 Å². The lowest BCUT2D eigenvalue weighted by molar-refractivity contribution is 0.553. The van der Waals surface area contributed by atoms with Crippen molar-refractivity contribution in [1.82, 2.24) is 5.32 Å². The molecule has 1 unspecified atom stereocenters. The van der Waals surface area contributed by atoms with Crippen molar-refractivity contribution in [2.75, 3.05) is 6.54 Å². The SMILES string of the molecule is CCNC(Cc1ccc(Cl)s1)c1cc(C)cc(Cl)c1. The smallest absolute Gasteiger partial charge is 0.0931 e. The quantitative estimate of drug-likeness (QED) is 0.794. The van der Waals surface area contributed by atoms with Gasteiger partial charge in [0.1, 0.15) is 0 Å². The van der Waals surface area contributed by atoms with E-state index in [1.165, 1.54) is 16.0 Å². The first-order chi connectivity index (χ1) is 9.08. The zero-order chi connectivity index (χ0) is 13.8. The zero-order valence-corrected chi connectivity index (χ0v) is 13.4. The van der Waals surface area contributed by atoms with Crippen molar-refractivity contribution in [3.63, 3.8) is 0 Å². The van der Waals surface area contributed by atoms with Gasteiger partial charge in [-0.2, -0.15) is 0 Å². The van der Waals surface area contributed by atoms with Gasteiger partial charge in [-0.25, -0.2) is 0 Å². The second-order valence-corrected chi connectivity index (χ2v) is 6.82. The van der Waals surface area contributed by atoms with Gasteiger partial charge in [0.05, 0.1) is 4.34 Å². The maximum atomic E-state index is 6.16. The van der Waals surface area contributed by atoms with Gasteiger partial charge in [-0.15, -0.1) is 11.3 Å². The van der Waals surface area contributed by atoms with Crippen molar-refractivity contribution < 1.29 is 0 Å². The summed E-state index contributed by atoms with van der Waals surface area (Å²) >= 11 is 13.8. The second kappa shape index (κ2) is 6.76. The summed E-state index contributed by atoms with van der Waals surface area (Å²) in [4.78, 5) is 1.29. The number of rotatable bonds is 5. The molecule has 1 aromatic carbocycles. The lowest BCUT2D eigenvalue weighted by Crippen LogP contribution is -2.22. The van der Waals surface area contributed by atoms with Crippen molar-refractivity contribution in [3.05, 3.63) is 55.7 Å². The van der Waals surface area contributed by atoms with Gasteiger partial charge in [-0.05, 0) is 48.9 Å². The van der Waals surface area contributed by atoms with Crippen LogP contribution in [-0.4, -0.2) is 6.54 Å². The van der Waals surface area contributed by atoms with Crippen molar-refractivity contribution in [2.24, 2.45) is 0 Å². The van der Waals surface area contributed by atoms with Gasteiger partial charge >= 0.3 is 0 Å². The van der Waals surface area contributed by atoms with E-state index in [9.17, 15) is 0 Å². The van der Waals surface area contributed by atoms with E-state index in [2.05, 4.69) is 31.3 Å². The third kappa shape index (κ3) is 4.22. The maximum Gasteiger partial charge on any atom is 0.0931 e. The van der Waals surface area contributed by atoms with Gasteiger partial charge in [0.25, 0.3) is 0 Å². The van der Waals surface area contributed by atoms with Gasteiger partial charge < -0.3 is 5.32 Å². The first-order valence-corrected chi connectivity index (χ1v) is 7.90. The minimum Gasteiger partial charge on any atom is -0.310 e. The minimum atomic E-state index is 0.275. The van der Waals surface area contributed by atoms with Crippen LogP contribution in [0.2, 0.25) is 9.36 Å². The summed E-state index contributed by atoms with van der Waals surface area (Å²) in [5.41, 5.74) is 2.42. The third-order valence-electron chi connectivity index (χ3n) is 2.95. The summed E-state index contributed by atoms with van der Waals surface area (Å²) in [6, 6.07) is 10.5. The van der Waals surface area contributed by atoms with Crippen molar-refractivity contribution >= 4 is 34.5 Å². The Bertz CT molecular complexity index is 531. The molecule has 0 radical (unpaired) electrons. The van der Waals surface area contributed by atoms with E-state index in [0.717, 1.165) is 22.3 Å². The largest absolute Gasteiger partial charge is 0.310 e. The van der Waals surface area contributed by atoms with Gasteiger partial charge in [-0.3, -0.25) is 0 Å². The zero-order valence-electron chi connectivity index (χ0n) is 11.0. The van der Waals surface area contributed by atoms with Gasteiger partial charge in [0.2, 0.25) is 0 Å². The Kier molecular flexibility index (Phi) is 5.28. The second-order valence-electron chi connectivity index (χ2n) is 4.58. The lowest BCUT2D eigenvalue weighted by atomic mass is 10.0. The van der Waals surface area contributed by atoms with E-state index >= 15 is 0 Å². The van der Waals surface area contributed by atoms with Crippen LogP contribution in [0.4, 0.5) is 0 Å². The average Bonchev–Trinajstić information content (AvgIpc) is 2.73. The number of thiophene rings is 1. The summed E-state index contributed by atoms with van der Waals surface area (Å²) in [6.07, 6.45) is 0.936. The summed E-state index contributed by atoms with van der Waals surface area (Å²) < 4.78 is 0.840. The Balaban J connectivity index is 2.23. The van der Waals surface area contributed by atoms with Crippen LogP contribution in [-0.2, 0) is 6.42 Å². The highest BCUT2D eigenvalue weighted by atomic mass is 35.5. The van der Waals surface area contributed by atoms with E-state index in [0.29, 0.717) is 0 Å². The first-order valence-electron chi connectivity index (χ1n) is 6.33. The number of likely N-dealkylation sites (N-methyl/N-ethyl adjacent to an activating group) is 1. The van der Waals surface area contributed by atoms with E-state index in [1.54, 1.807) is 11.3 Å². The molecule has 0 fully saturated rings. The summed E-state index contributed by atoms with van der Waals surface area (Å²) in [6.45, 7) is 5.11. The molecule has 1 aromatic heterocycles. The molecule has 0 amide bonds. The molecular formula is C15H17Cl2NS. The van der Waals surface area contributed by atoms with Crippen LogP contribution in [0.15, 0.2) is 30.3 Å². The topological polar surface area (TPSA) is 12.0 Å². The van der Waals surface area contributed by atoms with Crippen LogP contribution in [0, 0.1) is 6.92 Å². The van der Waals surface area contributed by atoms with Crippen molar-refractivity contribution in [3.8, 4) is 0 Å². The van der Waals surface area contributed by atoms with E-state index in [1.807, 2.05) is 18.2 Å². The molecule has 2 rings (SSSR count). The van der Waals surface area contributed by atoms with E-state index < -0.39 is 0 Å². The maximum absolute atomic E-state index is 6.16. The lowest BCUT2D eigenvalue weighted by Gasteiger charge is -2.18. The molecule has 4 heteroatoms. The number of hydrogen-bond acceptors (Lipinski definition) is 2. The first kappa shape index (κ1) is 14.9. The molecular weight excluding hydrogens is 297 g/mol. The fourth-order valence-corrected chi connectivity index (χ4v) is 3.61. The van der Waals surface area contributed by atoms with E-state index in [-0.39, 0.29) is 6.04 Å². The Morgan fingerprint density at radius 3 is 2.58 bits per heavy atom. The molecule has 0 aliphatic rings. The van der Waals surface area contributed by atoms with E-state index in [4.69, 9.17) is 23.2 Å². The van der Waals surface area contributed by atoms with Crippen LogP contribution >= 0.6 is 34.5 Å². The predicted molar refractivity (Wildman–Crippen MR) is 85.6 cm³/mol. The average molecular weight is 314 g/mol. The Morgan fingerprint density at radius 2 is 2.00 bits per heavy atom. The van der Waals surface area contributed by atoms with Crippen LogP contribution in [0.5, 0.6) is 0 Å². The predicted octanol–water partition coefficient (Wildman–Crippen LogP) is 5.26. The Hall–Kier alpha value is -0.540. The highest BCUT2D eigenvalue weighted by molar-refractivity contribution is 7.16. The molecule has 0 saturated carbocycles. The number of halogens is 2. The van der Waals surface area contributed by atoms with Crippen LogP contribution in [0.1, 0.15) is 29.0 Å². The fraction of sp³-hybridized carbons (Fsp3) is 0.333. The summed E-state index contributed by atoms with van der Waals surface area (Å²) in [5, 5.41) is 4.31. The molecule has 0 bridgehead atoms. The molecule has 0 aliphatic heterocycles. The van der Waals surface area contributed by atoms with Crippen LogP contribution in [0.25, 0.3) is 0 Å². The summed E-state index contributed by atoms with van der Waals surface area (Å²) in [7, 11) is 0. The van der Waals surface area contributed by atoms with Crippen LogP contribution in [0.3, 0.4) is 0 Å². The van der Waals surface area contributed by atoms with Gasteiger partial charge in [-0.1, -0.05) is 36.2 Å². The highest BCUT2D eigenvalue weighted by Crippen LogP contribution is 2.28. The molecule has 19 heavy (non-hydrogen) atoms. The molecule has 102 valence electrons. The number of hydrogen-bond donors (Lipinski definition) is 1. The minimum absolute atomic E-state index is 0.275. The molecule has 1 atom stereocenters. The van der Waals surface area contributed by atoms with Gasteiger partial charge in [0, 0.05) is 22.4 Å². The van der Waals surface area contributed by atoms with Crippen molar-refractivity contribution in [2.45, 2.75) is 26.3 Å². The number of aryl methyl sites for hydroxylation is 1. The normalized spacial score (nSPS) is 12.6. The third-order valence-corrected chi connectivity index (χ3v) is 4.42. The Morgan fingerprint density at radius 1 is 1.21 bits per heavy atom. The monoisotopic (exact) mass is 313 g/mol. The molecule has 1 heterocycles. The Labute approximate surface area is 128 Å². The molecule has 1 N–H and O–H groups in total. The standard InChI is InChI=1S/C15H17Cl2NS/c1-3-18-14(9-13-4-5-15(17)19-13)11-6-10(2)7-12(16)8-11/h4-8,14,18H,3,9H2,1-2H3. The molecule has 0 spiro atoms. The molecule has 0 aliphatic carbocycles. The highest BCUT2D eigenvalue weighted by Gasteiger charge is 2.13. The molecule has 0 saturated heterocycles.